The summed E-state index contributed by atoms with van der Waals surface area (Å²) in [6.07, 6.45) is 2.88. The standard InChI is InChI=1S/C7H9BNO2S/c1-2-3-8-9-6(10)4-5(12)7(9)11/h4,12H,2-3H2,1H3. The van der Waals surface area contributed by atoms with Crippen LogP contribution in [0.15, 0.2) is 11.0 Å². The third-order valence-electron chi connectivity index (χ3n) is 1.54. The van der Waals surface area contributed by atoms with Gasteiger partial charge in [0.2, 0.25) is 5.91 Å². The minimum atomic E-state index is -0.322. The van der Waals surface area contributed by atoms with Crippen LogP contribution in [0.2, 0.25) is 6.32 Å². The highest BCUT2D eigenvalue weighted by Crippen LogP contribution is 2.15. The first-order valence-electron chi connectivity index (χ1n) is 3.78. The summed E-state index contributed by atoms with van der Waals surface area (Å²) in [5, 5.41) is 0. The molecule has 2 amide bonds. The van der Waals surface area contributed by atoms with Crippen molar-refractivity contribution < 1.29 is 9.59 Å². The Labute approximate surface area is 77.5 Å². The number of imide groups is 1. The van der Waals surface area contributed by atoms with Gasteiger partial charge < -0.3 is 4.81 Å². The summed E-state index contributed by atoms with van der Waals surface area (Å²) in [6.45, 7) is 1.98. The zero-order chi connectivity index (χ0) is 9.14. The van der Waals surface area contributed by atoms with Gasteiger partial charge in [-0.15, -0.1) is 12.6 Å². The largest absolute Gasteiger partial charge is 0.326 e. The van der Waals surface area contributed by atoms with Crippen molar-refractivity contribution in [3.8, 4) is 0 Å². The lowest BCUT2D eigenvalue weighted by molar-refractivity contribution is -0.131. The van der Waals surface area contributed by atoms with Gasteiger partial charge in [-0.3, -0.25) is 9.59 Å². The molecule has 0 unspecified atom stereocenters. The fourth-order valence-corrected chi connectivity index (χ4v) is 1.12. The summed E-state index contributed by atoms with van der Waals surface area (Å²) in [7, 11) is 1.60. The van der Waals surface area contributed by atoms with Gasteiger partial charge in [-0.05, 0) is 0 Å². The molecule has 0 N–H and O–H groups in total. The van der Waals surface area contributed by atoms with Crippen molar-refractivity contribution >= 4 is 31.9 Å². The van der Waals surface area contributed by atoms with Crippen molar-refractivity contribution in [2.75, 3.05) is 0 Å². The van der Waals surface area contributed by atoms with Gasteiger partial charge in [0.1, 0.15) is 0 Å². The van der Waals surface area contributed by atoms with Crippen molar-refractivity contribution in [2.45, 2.75) is 19.7 Å². The molecule has 0 bridgehead atoms. The van der Waals surface area contributed by atoms with E-state index in [-0.39, 0.29) is 16.7 Å². The monoisotopic (exact) mass is 182 g/mol. The second-order valence-corrected chi connectivity index (χ2v) is 3.00. The van der Waals surface area contributed by atoms with Gasteiger partial charge in [0, 0.05) is 6.08 Å². The highest BCUT2D eigenvalue weighted by atomic mass is 32.1. The Morgan fingerprint density at radius 3 is 2.67 bits per heavy atom. The van der Waals surface area contributed by atoms with Gasteiger partial charge in [-0.1, -0.05) is 19.7 Å². The van der Waals surface area contributed by atoms with E-state index in [1.165, 1.54) is 6.08 Å². The minimum absolute atomic E-state index is 0.215. The Bertz CT molecular complexity index is 252. The van der Waals surface area contributed by atoms with Crippen molar-refractivity contribution in [1.82, 2.24) is 4.81 Å². The average molecular weight is 182 g/mol. The molecule has 63 valence electrons. The molecule has 0 atom stereocenters. The van der Waals surface area contributed by atoms with Crippen LogP contribution in [0.4, 0.5) is 0 Å². The second-order valence-electron chi connectivity index (χ2n) is 2.51. The molecule has 12 heavy (non-hydrogen) atoms. The predicted octanol–water partition coefficient (Wildman–Crippen LogP) is 0.616. The lowest BCUT2D eigenvalue weighted by Crippen LogP contribution is -2.33. The van der Waals surface area contributed by atoms with E-state index in [1.54, 1.807) is 7.41 Å². The smallest absolute Gasteiger partial charge is 0.261 e. The molecule has 0 spiro atoms. The molecule has 0 aromatic rings. The number of hydrogen-bond donors (Lipinski definition) is 1. The molecule has 0 aliphatic carbocycles. The van der Waals surface area contributed by atoms with Gasteiger partial charge in [0.25, 0.3) is 13.3 Å². The first-order chi connectivity index (χ1) is 5.66. The molecular formula is C7H9BNO2S. The van der Waals surface area contributed by atoms with Gasteiger partial charge in [0.15, 0.2) is 0 Å². The quantitative estimate of drug-likeness (QED) is 0.394. The van der Waals surface area contributed by atoms with Crippen molar-refractivity contribution in [1.29, 1.82) is 0 Å². The fraction of sp³-hybridized carbons (Fsp3) is 0.429. The molecule has 0 saturated heterocycles. The third kappa shape index (κ3) is 1.72. The molecule has 0 aromatic carbocycles. The van der Waals surface area contributed by atoms with Crippen molar-refractivity contribution in [3.05, 3.63) is 11.0 Å². The molecule has 1 aliphatic heterocycles. The van der Waals surface area contributed by atoms with Gasteiger partial charge in [0.05, 0.1) is 4.91 Å². The average Bonchev–Trinajstić information content (AvgIpc) is 2.25. The number of amides is 2. The van der Waals surface area contributed by atoms with E-state index in [4.69, 9.17) is 0 Å². The molecule has 1 aliphatic rings. The molecular weight excluding hydrogens is 173 g/mol. The molecule has 5 heteroatoms. The topological polar surface area (TPSA) is 37.4 Å². The maximum absolute atomic E-state index is 11.2. The molecule has 0 saturated carbocycles. The van der Waals surface area contributed by atoms with Gasteiger partial charge >= 0.3 is 0 Å². The number of hydrogen-bond acceptors (Lipinski definition) is 3. The van der Waals surface area contributed by atoms with Crippen LogP contribution in [-0.2, 0) is 9.59 Å². The fourth-order valence-electron chi connectivity index (χ4n) is 0.903. The maximum Gasteiger partial charge on any atom is 0.261 e. The SMILES string of the molecule is CCC[B]N1C(=O)C=C(S)C1=O. The summed E-state index contributed by atoms with van der Waals surface area (Å²) < 4.78 is 0. The molecule has 1 heterocycles. The van der Waals surface area contributed by atoms with Crippen LogP contribution >= 0.6 is 12.6 Å². The molecule has 0 aromatic heterocycles. The summed E-state index contributed by atoms with van der Waals surface area (Å²) in [6, 6.07) is 0. The highest BCUT2D eigenvalue weighted by Gasteiger charge is 2.28. The lowest BCUT2D eigenvalue weighted by atomic mass is 9.85. The summed E-state index contributed by atoms with van der Waals surface area (Å²) in [5.74, 6) is -0.616. The van der Waals surface area contributed by atoms with Crippen LogP contribution < -0.4 is 0 Å². The van der Waals surface area contributed by atoms with Crippen LogP contribution in [0.25, 0.3) is 0 Å². The Hall–Kier alpha value is -0.705. The number of rotatable bonds is 3. The Morgan fingerprint density at radius 2 is 2.25 bits per heavy atom. The van der Waals surface area contributed by atoms with E-state index in [9.17, 15) is 9.59 Å². The van der Waals surface area contributed by atoms with Crippen LogP contribution in [0, 0.1) is 0 Å². The van der Waals surface area contributed by atoms with Crippen LogP contribution in [0.3, 0.4) is 0 Å². The number of carbonyl (C=O) groups is 2. The number of thiol groups is 1. The summed E-state index contributed by atoms with van der Waals surface area (Å²) in [5.41, 5.74) is 0. The zero-order valence-corrected chi connectivity index (χ0v) is 7.67. The zero-order valence-electron chi connectivity index (χ0n) is 6.78. The first kappa shape index (κ1) is 9.38. The van der Waals surface area contributed by atoms with Crippen molar-refractivity contribution in [3.63, 3.8) is 0 Å². The van der Waals surface area contributed by atoms with E-state index in [2.05, 4.69) is 12.6 Å². The minimum Gasteiger partial charge on any atom is -0.326 e. The summed E-state index contributed by atoms with van der Waals surface area (Å²) >= 11 is 3.86. The Kier molecular flexibility index (Phi) is 2.97. The van der Waals surface area contributed by atoms with Gasteiger partial charge in [-0.25, -0.2) is 0 Å². The maximum atomic E-state index is 11.2. The summed E-state index contributed by atoms with van der Waals surface area (Å²) in [4.78, 5) is 23.5. The van der Waals surface area contributed by atoms with Crippen LogP contribution in [0.5, 0.6) is 0 Å². The Balaban J connectivity index is 2.58. The Morgan fingerprint density at radius 1 is 1.58 bits per heavy atom. The number of nitrogens with zero attached hydrogens (tertiary/aromatic N) is 1. The van der Waals surface area contributed by atoms with E-state index in [0.717, 1.165) is 17.6 Å². The molecule has 3 nitrogen and oxygen atoms in total. The highest BCUT2D eigenvalue weighted by molar-refractivity contribution is 7.85. The lowest BCUT2D eigenvalue weighted by Gasteiger charge is -2.11. The van der Waals surface area contributed by atoms with Crippen molar-refractivity contribution in [2.24, 2.45) is 0 Å². The van der Waals surface area contributed by atoms with E-state index < -0.39 is 0 Å². The molecule has 1 rings (SSSR count). The first-order valence-corrected chi connectivity index (χ1v) is 4.23. The molecule has 0 fully saturated rings. The van der Waals surface area contributed by atoms with Crippen LogP contribution in [0.1, 0.15) is 13.3 Å². The van der Waals surface area contributed by atoms with E-state index >= 15 is 0 Å². The van der Waals surface area contributed by atoms with Crippen LogP contribution in [-0.4, -0.2) is 24.0 Å². The van der Waals surface area contributed by atoms with E-state index in [1.807, 2.05) is 6.92 Å². The van der Waals surface area contributed by atoms with E-state index in [0.29, 0.717) is 0 Å². The third-order valence-corrected chi connectivity index (χ3v) is 1.86. The predicted molar refractivity (Wildman–Crippen MR) is 49.8 cm³/mol. The van der Waals surface area contributed by atoms with Gasteiger partial charge in [-0.2, -0.15) is 0 Å². The molecule has 1 radical (unpaired) electrons. The normalized spacial score (nSPS) is 16.8. The second kappa shape index (κ2) is 3.80. The number of carbonyl (C=O) groups excluding carboxylic acids is 2.